The molecule has 1 amide bonds. The fourth-order valence-corrected chi connectivity index (χ4v) is 5.19. The number of nitrogens with one attached hydrogen (secondary N) is 1. The minimum absolute atomic E-state index is 0.00899. The molecule has 3 heterocycles. The molecule has 1 saturated heterocycles. The number of amides is 1. The van der Waals surface area contributed by atoms with Crippen LogP contribution in [0.1, 0.15) is 33.6 Å². The van der Waals surface area contributed by atoms with Gasteiger partial charge >= 0.3 is 6.18 Å². The highest BCUT2D eigenvalue weighted by Crippen LogP contribution is 2.33. The maximum atomic E-state index is 13.9. The van der Waals surface area contributed by atoms with Crippen LogP contribution >= 0.6 is 0 Å². The molecule has 2 aromatic rings. The van der Waals surface area contributed by atoms with Crippen LogP contribution in [-0.2, 0) is 12.7 Å². The molecule has 10 heteroatoms. The monoisotopic (exact) mass is 524 g/mol. The number of rotatable bonds is 6. The lowest BCUT2D eigenvalue weighted by Crippen LogP contribution is -2.35. The van der Waals surface area contributed by atoms with Crippen LogP contribution in [0, 0.1) is 6.92 Å². The second kappa shape index (κ2) is 10.3. The van der Waals surface area contributed by atoms with Gasteiger partial charge in [0, 0.05) is 36.9 Å². The number of aromatic nitrogens is 1. The number of hydrogen-bond donors (Lipinski definition) is 1. The second-order valence-electron chi connectivity index (χ2n) is 10.2. The van der Waals surface area contributed by atoms with Crippen molar-refractivity contribution in [3.05, 3.63) is 77.0 Å². The molecule has 0 saturated carbocycles. The maximum absolute atomic E-state index is 13.9. The van der Waals surface area contributed by atoms with Crippen LogP contribution < -0.4 is 10.2 Å². The summed E-state index contributed by atoms with van der Waals surface area (Å²) in [6, 6.07) is 8.41. The van der Waals surface area contributed by atoms with Gasteiger partial charge in [0.15, 0.2) is 5.69 Å². The molecule has 0 spiro atoms. The normalized spacial score (nSPS) is 22.9. The number of hydrogen-bond acceptors (Lipinski definition) is 6. The van der Waals surface area contributed by atoms with Crippen molar-refractivity contribution in [2.75, 3.05) is 37.4 Å². The Kier molecular flexibility index (Phi) is 7.11. The quantitative estimate of drug-likeness (QED) is 0.603. The lowest BCUT2D eigenvalue weighted by atomic mass is 10.0. The van der Waals surface area contributed by atoms with Gasteiger partial charge in [-0.3, -0.25) is 14.7 Å². The largest absolute Gasteiger partial charge is 0.433 e. The molecule has 0 bridgehead atoms. The first-order valence-electron chi connectivity index (χ1n) is 12.6. The smallest absolute Gasteiger partial charge is 0.323 e. The summed E-state index contributed by atoms with van der Waals surface area (Å²) in [4.78, 5) is 27.5. The summed E-state index contributed by atoms with van der Waals surface area (Å²) < 4.78 is 41.8. The number of anilines is 2. The third-order valence-corrected chi connectivity index (χ3v) is 7.37. The van der Waals surface area contributed by atoms with Crippen LogP contribution in [0.2, 0.25) is 0 Å². The van der Waals surface area contributed by atoms with Gasteiger partial charge in [0.2, 0.25) is 0 Å². The van der Waals surface area contributed by atoms with Crippen LogP contribution in [0.3, 0.4) is 0 Å². The number of allylic oxidation sites excluding steroid dienone is 2. The molecule has 1 fully saturated rings. The summed E-state index contributed by atoms with van der Waals surface area (Å²) in [5.74, 6) is -0.663. The molecular weight excluding hydrogens is 493 g/mol. The molecule has 1 aromatic heterocycles. The highest BCUT2D eigenvalue weighted by atomic mass is 19.4. The Hall–Kier alpha value is -3.50. The third kappa shape index (κ3) is 5.37. The topological polar surface area (TPSA) is 64.1 Å². The van der Waals surface area contributed by atoms with Crippen LogP contribution in [0.5, 0.6) is 0 Å². The molecule has 3 atom stereocenters. The predicted molar refractivity (Wildman–Crippen MR) is 143 cm³/mol. The summed E-state index contributed by atoms with van der Waals surface area (Å²) in [6.45, 7) is 3.53. The standard InChI is InChI=1S/C28H31F3N6O/c1-18-8-9-19(14-24(18)37-17-32-22-6-4-5-7-23(22)37)27(38)34-25-11-10-20(26(33-25)28(29,30)31)15-36-13-12-21(16-36)35(2)3/h4-11,14,17,21-23H,12-13,15-16H2,1-3H3,(H,33,34,38)/t21-,22?,23?/m1/s1. The van der Waals surface area contributed by atoms with Crippen molar-refractivity contribution in [1.82, 2.24) is 14.8 Å². The zero-order valence-corrected chi connectivity index (χ0v) is 21.6. The Morgan fingerprint density at radius 2 is 1.95 bits per heavy atom. The zero-order valence-electron chi connectivity index (χ0n) is 21.6. The van der Waals surface area contributed by atoms with Gasteiger partial charge in [-0.1, -0.05) is 36.4 Å². The van der Waals surface area contributed by atoms with Crippen molar-refractivity contribution >= 4 is 23.8 Å². The van der Waals surface area contributed by atoms with Crippen LogP contribution in [0.4, 0.5) is 24.7 Å². The van der Waals surface area contributed by atoms with Crippen LogP contribution in [0.15, 0.2) is 59.6 Å². The first-order chi connectivity index (χ1) is 18.1. The molecule has 1 aliphatic carbocycles. The molecule has 7 nitrogen and oxygen atoms in total. The molecular formula is C28H31F3N6O. The minimum atomic E-state index is -4.64. The average molecular weight is 525 g/mol. The summed E-state index contributed by atoms with van der Waals surface area (Å²) in [5.41, 5.74) is 1.23. The van der Waals surface area contributed by atoms with Crippen molar-refractivity contribution in [3.8, 4) is 0 Å². The van der Waals surface area contributed by atoms with Crippen LogP contribution in [0.25, 0.3) is 0 Å². The molecule has 3 aliphatic rings. The number of likely N-dealkylation sites (tertiary alicyclic amines) is 1. The molecule has 1 N–H and O–H groups in total. The first kappa shape index (κ1) is 26.1. The Morgan fingerprint density at radius 1 is 1.16 bits per heavy atom. The number of benzene rings is 1. The second-order valence-corrected chi connectivity index (χ2v) is 10.2. The Bertz CT molecular complexity index is 1300. The fourth-order valence-electron chi connectivity index (χ4n) is 5.19. The summed E-state index contributed by atoms with van der Waals surface area (Å²) in [6.07, 6.45) is 6.02. The molecule has 2 unspecified atom stereocenters. The summed E-state index contributed by atoms with van der Waals surface area (Å²) in [7, 11) is 3.95. The Balaban J connectivity index is 1.34. The van der Waals surface area contributed by atoms with E-state index in [4.69, 9.17) is 0 Å². The number of alkyl halides is 3. The molecule has 0 radical (unpaired) electrons. The average Bonchev–Trinajstić information content (AvgIpc) is 3.52. The van der Waals surface area contributed by atoms with E-state index >= 15 is 0 Å². The van der Waals surface area contributed by atoms with E-state index in [1.54, 1.807) is 18.5 Å². The van der Waals surface area contributed by atoms with Gasteiger partial charge < -0.3 is 15.1 Å². The van der Waals surface area contributed by atoms with Gasteiger partial charge in [-0.2, -0.15) is 13.2 Å². The van der Waals surface area contributed by atoms with Crippen molar-refractivity contribution < 1.29 is 18.0 Å². The number of halogens is 3. The molecule has 38 heavy (non-hydrogen) atoms. The molecule has 1 aromatic carbocycles. The highest BCUT2D eigenvalue weighted by Gasteiger charge is 2.37. The SMILES string of the molecule is Cc1ccc(C(=O)Nc2ccc(CN3CC[C@@H](N(C)C)C3)c(C(F)(F)F)n2)cc1N1C=NC2C=CC=CC21. The predicted octanol–water partition coefficient (Wildman–Crippen LogP) is 4.51. The molecule has 200 valence electrons. The number of aryl methyl sites for hydroxylation is 1. The first-order valence-corrected chi connectivity index (χ1v) is 12.6. The van der Waals surface area contributed by atoms with Crippen molar-refractivity contribution in [2.45, 2.75) is 44.2 Å². The third-order valence-electron chi connectivity index (χ3n) is 7.37. The van der Waals surface area contributed by atoms with Gasteiger partial charge in [-0.05, 0) is 56.8 Å². The van der Waals surface area contributed by atoms with Crippen molar-refractivity contribution in [1.29, 1.82) is 0 Å². The van der Waals surface area contributed by atoms with E-state index in [0.29, 0.717) is 18.2 Å². The summed E-state index contributed by atoms with van der Waals surface area (Å²) in [5, 5.41) is 2.56. The number of aliphatic imine (C=N–C) groups is 1. The van der Waals surface area contributed by atoms with Gasteiger partial charge in [0.25, 0.3) is 5.91 Å². The number of pyridine rings is 1. The number of carbonyl (C=O) groups is 1. The summed E-state index contributed by atoms with van der Waals surface area (Å²) >= 11 is 0. The van der Waals surface area contributed by atoms with E-state index in [2.05, 4.69) is 26.3 Å². The van der Waals surface area contributed by atoms with E-state index in [9.17, 15) is 18.0 Å². The van der Waals surface area contributed by atoms with E-state index in [1.165, 1.54) is 12.1 Å². The van der Waals surface area contributed by atoms with Gasteiger partial charge in [0.05, 0.1) is 18.4 Å². The van der Waals surface area contributed by atoms with Crippen LogP contribution in [-0.4, -0.2) is 72.3 Å². The number of likely N-dealkylation sites (N-methyl/N-ethyl adjacent to an activating group) is 1. The van der Waals surface area contributed by atoms with Gasteiger partial charge in [-0.25, -0.2) is 4.98 Å². The fraction of sp³-hybridized carbons (Fsp3) is 0.393. The number of carbonyl (C=O) groups excluding carboxylic acids is 1. The zero-order chi connectivity index (χ0) is 27.0. The van der Waals surface area contributed by atoms with Crippen molar-refractivity contribution in [2.24, 2.45) is 4.99 Å². The minimum Gasteiger partial charge on any atom is -0.323 e. The molecule has 2 aliphatic heterocycles. The van der Waals surface area contributed by atoms with E-state index in [1.807, 2.05) is 55.1 Å². The van der Waals surface area contributed by atoms with E-state index in [-0.39, 0.29) is 30.0 Å². The van der Waals surface area contributed by atoms with Crippen molar-refractivity contribution in [3.63, 3.8) is 0 Å². The van der Waals surface area contributed by atoms with Gasteiger partial charge in [-0.15, -0.1) is 0 Å². The Labute approximate surface area is 220 Å². The lowest BCUT2D eigenvalue weighted by molar-refractivity contribution is -0.142. The highest BCUT2D eigenvalue weighted by molar-refractivity contribution is 6.05. The number of fused-ring (bicyclic) bond motifs is 1. The van der Waals surface area contributed by atoms with E-state index in [0.717, 1.165) is 24.2 Å². The number of nitrogens with zero attached hydrogens (tertiary/aromatic N) is 5. The van der Waals surface area contributed by atoms with E-state index < -0.39 is 17.8 Å². The lowest BCUT2D eigenvalue weighted by Gasteiger charge is -2.27. The van der Waals surface area contributed by atoms with Gasteiger partial charge in [0.1, 0.15) is 5.82 Å². The maximum Gasteiger partial charge on any atom is 0.433 e. The Morgan fingerprint density at radius 3 is 2.68 bits per heavy atom. The molecule has 5 rings (SSSR count).